The predicted molar refractivity (Wildman–Crippen MR) is 91.4 cm³/mol. The van der Waals surface area contributed by atoms with E-state index in [-0.39, 0.29) is 24.8 Å². The van der Waals surface area contributed by atoms with Gasteiger partial charge in [0.25, 0.3) is 0 Å². The SMILES string of the molecule is NOCCCNC(=O)CNC(=O)Cc1cc(=O)oc2cc(N)ccc12. The number of anilines is 1. The molecule has 0 aliphatic rings. The lowest BCUT2D eigenvalue weighted by Gasteiger charge is -2.08. The van der Waals surface area contributed by atoms with E-state index in [1.54, 1.807) is 12.1 Å². The molecule has 0 aliphatic heterocycles. The highest BCUT2D eigenvalue weighted by Gasteiger charge is 2.11. The summed E-state index contributed by atoms with van der Waals surface area (Å²) in [5.74, 6) is 4.16. The molecular weight excluding hydrogens is 328 g/mol. The molecule has 6 N–H and O–H groups in total. The Morgan fingerprint density at radius 3 is 2.72 bits per heavy atom. The minimum atomic E-state index is -0.569. The molecule has 1 heterocycles. The normalized spacial score (nSPS) is 10.6. The van der Waals surface area contributed by atoms with Gasteiger partial charge < -0.3 is 25.6 Å². The zero-order valence-corrected chi connectivity index (χ0v) is 13.5. The minimum absolute atomic E-state index is 0.0552. The minimum Gasteiger partial charge on any atom is -0.423 e. The summed E-state index contributed by atoms with van der Waals surface area (Å²) in [7, 11) is 0. The highest BCUT2D eigenvalue weighted by Crippen LogP contribution is 2.20. The summed E-state index contributed by atoms with van der Waals surface area (Å²) in [6.45, 7) is 0.577. The van der Waals surface area contributed by atoms with Gasteiger partial charge in [-0.3, -0.25) is 9.59 Å². The maximum absolute atomic E-state index is 12.0. The Morgan fingerprint density at radius 1 is 1.16 bits per heavy atom. The van der Waals surface area contributed by atoms with Crippen LogP contribution in [0.4, 0.5) is 5.69 Å². The van der Waals surface area contributed by atoms with Gasteiger partial charge in [-0.15, -0.1) is 0 Å². The van der Waals surface area contributed by atoms with Crippen molar-refractivity contribution in [3.8, 4) is 0 Å². The zero-order chi connectivity index (χ0) is 18.2. The van der Waals surface area contributed by atoms with Crippen molar-refractivity contribution < 1.29 is 18.8 Å². The molecule has 0 fully saturated rings. The summed E-state index contributed by atoms with van der Waals surface area (Å²) in [5, 5.41) is 5.74. The van der Waals surface area contributed by atoms with Gasteiger partial charge in [-0.1, -0.05) is 0 Å². The molecule has 9 nitrogen and oxygen atoms in total. The second-order valence-electron chi connectivity index (χ2n) is 5.37. The van der Waals surface area contributed by atoms with Crippen LogP contribution in [0.25, 0.3) is 11.0 Å². The first-order valence-electron chi connectivity index (χ1n) is 7.67. The van der Waals surface area contributed by atoms with E-state index in [0.29, 0.717) is 41.8 Å². The molecule has 0 unspecified atom stereocenters. The van der Waals surface area contributed by atoms with E-state index < -0.39 is 5.63 Å². The maximum atomic E-state index is 12.0. The third-order valence-corrected chi connectivity index (χ3v) is 3.41. The Bertz CT molecular complexity index is 818. The quantitative estimate of drug-likeness (QED) is 0.216. The van der Waals surface area contributed by atoms with Crippen LogP contribution in [-0.4, -0.2) is 31.5 Å². The van der Waals surface area contributed by atoms with E-state index in [1.807, 2.05) is 0 Å². The Labute approximate surface area is 143 Å². The van der Waals surface area contributed by atoms with Gasteiger partial charge in [0, 0.05) is 29.8 Å². The molecule has 9 heteroatoms. The molecule has 2 aromatic rings. The van der Waals surface area contributed by atoms with Crippen molar-refractivity contribution >= 4 is 28.5 Å². The largest absolute Gasteiger partial charge is 0.423 e. The van der Waals surface area contributed by atoms with Crippen LogP contribution < -0.4 is 27.9 Å². The van der Waals surface area contributed by atoms with Gasteiger partial charge in [-0.25, -0.2) is 10.7 Å². The summed E-state index contributed by atoms with van der Waals surface area (Å²) < 4.78 is 5.08. The molecule has 0 bridgehead atoms. The summed E-state index contributed by atoms with van der Waals surface area (Å²) in [6, 6.07) is 6.12. The Balaban J connectivity index is 1.93. The number of nitrogens with one attached hydrogen (secondary N) is 2. The first-order chi connectivity index (χ1) is 12.0. The first-order valence-corrected chi connectivity index (χ1v) is 7.67. The fraction of sp³-hybridized carbons (Fsp3) is 0.312. The van der Waals surface area contributed by atoms with Gasteiger partial charge in [0.15, 0.2) is 0 Å². The highest BCUT2D eigenvalue weighted by molar-refractivity contribution is 5.90. The second kappa shape index (κ2) is 8.81. The van der Waals surface area contributed by atoms with Crippen molar-refractivity contribution in [3.63, 3.8) is 0 Å². The van der Waals surface area contributed by atoms with E-state index >= 15 is 0 Å². The molecule has 2 rings (SSSR count). The smallest absolute Gasteiger partial charge is 0.336 e. The van der Waals surface area contributed by atoms with Crippen LogP contribution in [0.15, 0.2) is 33.5 Å². The first kappa shape index (κ1) is 18.4. The van der Waals surface area contributed by atoms with E-state index in [0.717, 1.165) is 0 Å². The Kier molecular flexibility index (Phi) is 6.49. The molecule has 134 valence electrons. The number of hydrogen-bond acceptors (Lipinski definition) is 7. The number of carbonyl (C=O) groups excluding carboxylic acids is 2. The Morgan fingerprint density at radius 2 is 1.96 bits per heavy atom. The number of hydrogen-bond donors (Lipinski definition) is 4. The number of fused-ring (bicyclic) bond motifs is 1. The average Bonchev–Trinajstić information content (AvgIpc) is 2.56. The summed E-state index contributed by atoms with van der Waals surface area (Å²) in [6.07, 6.45) is 0.519. The van der Waals surface area contributed by atoms with Gasteiger partial charge in [-0.05, 0) is 24.1 Å². The highest BCUT2D eigenvalue weighted by atomic mass is 16.6. The van der Waals surface area contributed by atoms with Crippen molar-refractivity contribution in [2.45, 2.75) is 12.8 Å². The van der Waals surface area contributed by atoms with Crippen LogP contribution in [0, 0.1) is 0 Å². The summed E-state index contributed by atoms with van der Waals surface area (Å²) in [5.41, 5.74) is 6.37. The standard InChI is InChI=1S/C16H20N4O5/c17-11-2-3-12-10(7-16(23)25-13(12)8-11)6-14(21)20-9-15(22)19-4-1-5-24-18/h2-3,7-8H,1,4-6,9,17-18H2,(H,19,22)(H,20,21). The lowest BCUT2D eigenvalue weighted by Crippen LogP contribution is -2.38. The number of nitrogens with two attached hydrogens (primary N) is 2. The topological polar surface area (TPSA) is 150 Å². The number of nitrogen functional groups attached to an aromatic ring is 1. The molecule has 2 amide bonds. The van der Waals surface area contributed by atoms with Crippen molar-refractivity contribution in [2.24, 2.45) is 5.90 Å². The van der Waals surface area contributed by atoms with Crippen LogP contribution >= 0.6 is 0 Å². The molecular formula is C16H20N4O5. The fourth-order valence-corrected chi connectivity index (χ4v) is 2.25. The monoisotopic (exact) mass is 348 g/mol. The molecule has 0 atom stereocenters. The molecule has 25 heavy (non-hydrogen) atoms. The zero-order valence-electron chi connectivity index (χ0n) is 13.5. The summed E-state index contributed by atoms with van der Waals surface area (Å²) in [4.78, 5) is 39.6. The van der Waals surface area contributed by atoms with E-state index in [1.165, 1.54) is 12.1 Å². The molecule has 1 aromatic carbocycles. The molecule has 0 spiro atoms. The molecule has 1 aromatic heterocycles. The van der Waals surface area contributed by atoms with Gasteiger partial charge in [0.2, 0.25) is 11.8 Å². The molecule has 0 aliphatic carbocycles. The van der Waals surface area contributed by atoms with Crippen molar-refractivity contribution in [1.29, 1.82) is 0 Å². The number of carbonyl (C=O) groups is 2. The van der Waals surface area contributed by atoms with Crippen molar-refractivity contribution in [2.75, 3.05) is 25.4 Å². The number of benzene rings is 1. The van der Waals surface area contributed by atoms with E-state index in [4.69, 9.17) is 16.0 Å². The van der Waals surface area contributed by atoms with Gasteiger partial charge >= 0.3 is 5.63 Å². The van der Waals surface area contributed by atoms with Crippen LogP contribution in [0.3, 0.4) is 0 Å². The lowest BCUT2D eigenvalue weighted by molar-refractivity contribution is -0.125. The van der Waals surface area contributed by atoms with Crippen LogP contribution in [-0.2, 0) is 20.8 Å². The predicted octanol–water partition coefficient (Wildman–Crippen LogP) is -0.569. The molecule has 0 saturated heterocycles. The summed E-state index contributed by atoms with van der Waals surface area (Å²) >= 11 is 0. The third kappa shape index (κ3) is 5.59. The van der Waals surface area contributed by atoms with Gasteiger partial charge in [0.05, 0.1) is 19.6 Å². The van der Waals surface area contributed by atoms with Crippen LogP contribution in [0.1, 0.15) is 12.0 Å². The number of rotatable bonds is 8. The van der Waals surface area contributed by atoms with Gasteiger partial charge in [0.1, 0.15) is 5.58 Å². The van der Waals surface area contributed by atoms with Crippen molar-refractivity contribution in [1.82, 2.24) is 10.6 Å². The van der Waals surface area contributed by atoms with Gasteiger partial charge in [-0.2, -0.15) is 0 Å². The van der Waals surface area contributed by atoms with Crippen molar-refractivity contribution in [3.05, 3.63) is 40.2 Å². The van der Waals surface area contributed by atoms with Crippen LogP contribution in [0.2, 0.25) is 0 Å². The molecule has 0 radical (unpaired) electrons. The molecule has 0 saturated carbocycles. The van der Waals surface area contributed by atoms with E-state index in [9.17, 15) is 14.4 Å². The maximum Gasteiger partial charge on any atom is 0.336 e. The Hall–Kier alpha value is -2.91. The third-order valence-electron chi connectivity index (χ3n) is 3.41. The number of amides is 2. The second-order valence-corrected chi connectivity index (χ2v) is 5.37. The van der Waals surface area contributed by atoms with E-state index in [2.05, 4.69) is 15.5 Å². The average molecular weight is 348 g/mol. The fourth-order valence-electron chi connectivity index (χ4n) is 2.25. The lowest BCUT2D eigenvalue weighted by atomic mass is 10.1. The van der Waals surface area contributed by atoms with Crippen LogP contribution in [0.5, 0.6) is 0 Å².